The molecule has 2 nitrogen and oxygen atoms in total. The quantitative estimate of drug-likeness (QED) is 0.590. The van der Waals surface area contributed by atoms with E-state index in [2.05, 4.69) is 15.9 Å². The van der Waals surface area contributed by atoms with Crippen LogP contribution in [0.4, 0.5) is 13.2 Å². The molecule has 1 aliphatic rings. The smallest absolute Gasteiger partial charge is 0.395 e. The van der Waals surface area contributed by atoms with Crippen molar-refractivity contribution < 1.29 is 22.7 Å². The summed E-state index contributed by atoms with van der Waals surface area (Å²) in [6, 6.07) is 0. The van der Waals surface area contributed by atoms with Crippen LogP contribution in [-0.2, 0) is 9.53 Å². The van der Waals surface area contributed by atoms with Crippen LogP contribution in [0.15, 0.2) is 23.3 Å². The number of hydrogen-bond acceptors (Lipinski definition) is 2. The zero-order chi connectivity index (χ0) is 13.1. The molecule has 0 fully saturated rings. The number of rotatable bonds is 3. The zero-order valence-electron chi connectivity index (χ0n) is 9.18. The second-order valence-electron chi connectivity index (χ2n) is 3.59. The third-order valence-corrected chi connectivity index (χ3v) is 3.10. The lowest BCUT2D eigenvalue weighted by atomic mass is 9.87. The van der Waals surface area contributed by atoms with E-state index < -0.39 is 18.1 Å². The van der Waals surface area contributed by atoms with E-state index >= 15 is 0 Å². The molecule has 0 heterocycles. The Hall–Kier alpha value is -0.780. The van der Waals surface area contributed by atoms with Gasteiger partial charge in [0.2, 0.25) is 0 Å². The summed E-state index contributed by atoms with van der Waals surface area (Å²) in [4.78, 5) is 11.4. The summed E-state index contributed by atoms with van der Waals surface area (Å²) >= 11 is 3.02. The first kappa shape index (κ1) is 14.3. The normalized spacial score (nSPS) is 20.6. The van der Waals surface area contributed by atoms with Gasteiger partial charge in [0.1, 0.15) is 0 Å². The van der Waals surface area contributed by atoms with Gasteiger partial charge in [-0.05, 0) is 18.9 Å². The van der Waals surface area contributed by atoms with Gasteiger partial charge in [0.15, 0.2) is 0 Å². The minimum Gasteiger partial charge on any atom is -0.463 e. The van der Waals surface area contributed by atoms with Crippen molar-refractivity contribution in [1.29, 1.82) is 0 Å². The minimum atomic E-state index is -4.34. The molecule has 0 aromatic rings. The first-order valence-corrected chi connectivity index (χ1v) is 6.21. The SMILES string of the molecule is CCOC(=O)C1=CC=C(CBr)C(C(F)(F)F)C1. The summed E-state index contributed by atoms with van der Waals surface area (Å²) in [5, 5.41) is 0.143. The number of halogens is 4. The third-order valence-electron chi connectivity index (χ3n) is 2.46. The van der Waals surface area contributed by atoms with Crippen molar-refractivity contribution in [2.75, 3.05) is 11.9 Å². The van der Waals surface area contributed by atoms with Gasteiger partial charge in [-0.1, -0.05) is 28.1 Å². The molecule has 0 bridgehead atoms. The Kier molecular flexibility index (Phi) is 4.80. The van der Waals surface area contributed by atoms with Crippen molar-refractivity contribution in [1.82, 2.24) is 0 Å². The highest BCUT2D eigenvalue weighted by Crippen LogP contribution is 2.39. The summed E-state index contributed by atoms with van der Waals surface area (Å²) < 4.78 is 43.0. The fourth-order valence-corrected chi connectivity index (χ4v) is 2.16. The molecular formula is C11H12BrF3O2. The van der Waals surface area contributed by atoms with Gasteiger partial charge in [0.05, 0.1) is 12.5 Å². The highest BCUT2D eigenvalue weighted by Gasteiger charge is 2.43. The monoisotopic (exact) mass is 312 g/mol. The van der Waals surface area contributed by atoms with Crippen molar-refractivity contribution in [3.05, 3.63) is 23.3 Å². The number of esters is 1. The van der Waals surface area contributed by atoms with Crippen molar-refractivity contribution in [2.24, 2.45) is 5.92 Å². The Balaban J connectivity index is 2.91. The molecule has 0 aromatic heterocycles. The Morgan fingerprint density at radius 2 is 2.18 bits per heavy atom. The van der Waals surface area contributed by atoms with Crippen LogP contribution >= 0.6 is 15.9 Å². The number of ether oxygens (including phenoxy) is 1. The van der Waals surface area contributed by atoms with E-state index in [1.807, 2.05) is 0 Å². The largest absolute Gasteiger partial charge is 0.463 e. The van der Waals surface area contributed by atoms with Crippen LogP contribution in [0.3, 0.4) is 0 Å². The maximum absolute atomic E-state index is 12.8. The van der Waals surface area contributed by atoms with Gasteiger partial charge in [-0.3, -0.25) is 0 Å². The van der Waals surface area contributed by atoms with Crippen molar-refractivity contribution >= 4 is 21.9 Å². The fraction of sp³-hybridized carbons (Fsp3) is 0.545. The lowest BCUT2D eigenvalue weighted by Crippen LogP contribution is -2.29. The van der Waals surface area contributed by atoms with Crippen molar-refractivity contribution in [2.45, 2.75) is 19.5 Å². The zero-order valence-corrected chi connectivity index (χ0v) is 10.8. The molecule has 0 radical (unpaired) electrons. The Morgan fingerprint density at radius 1 is 1.53 bits per heavy atom. The summed E-state index contributed by atoms with van der Waals surface area (Å²) in [6.07, 6.45) is -1.95. The van der Waals surface area contributed by atoms with E-state index in [4.69, 9.17) is 4.74 Å². The standard InChI is InChI=1S/C11H12BrF3O2/c1-2-17-10(16)7-3-4-8(6-12)9(5-7)11(13,14)15/h3-4,9H,2,5-6H2,1H3. The highest BCUT2D eigenvalue weighted by atomic mass is 79.9. The lowest BCUT2D eigenvalue weighted by Gasteiger charge is -2.25. The molecule has 0 N–H and O–H groups in total. The number of alkyl halides is 4. The molecule has 0 saturated heterocycles. The molecule has 1 atom stereocenters. The topological polar surface area (TPSA) is 26.3 Å². The fourth-order valence-electron chi connectivity index (χ4n) is 1.58. The maximum Gasteiger partial charge on any atom is 0.395 e. The Morgan fingerprint density at radius 3 is 2.65 bits per heavy atom. The van der Waals surface area contributed by atoms with Crippen LogP contribution in [0.1, 0.15) is 13.3 Å². The van der Waals surface area contributed by atoms with Crippen LogP contribution in [-0.4, -0.2) is 24.1 Å². The molecule has 96 valence electrons. The molecule has 1 rings (SSSR count). The van der Waals surface area contributed by atoms with E-state index in [9.17, 15) is 18.0 Å². The van der Waals surface area contributed by atoms with Crippen LogP contribution in [0.5, 0.6) is 0 Å². The predicted molar refractivity (Wildman–Crippen MR) is 60.8 cm³/mol. The van der Waals surface area contributed by atoms with E-state index in [-0.39, 0.29) is 29.5 Å². The van der Waals surface area contributed by atoms with Gasteiger partial charge in [-0.2, -0.15) is 13.2 Å². The van der Waals surface area contributed by atoms with Crippen LogP contribution in [0.2, 0.25) is 0 Å². The second kappa shape index (κ2) is 5.71. The van der Waals surface area contributed by atoms with Crippen LogP contribution < -0.4 is 0 Å². The maximum atomic E-state index is 12.8. The molecule has 0 spiro atoms. The average molecular weight is 313 g/mol. The molecule has 0 saturated carbocycles. The van der Waals surface area contributed by atoms with Gasteiger partial charge in [0.25, 0.3) is 0 Å². The summed E-state index contributed by atoms with van der Waals surface area (Å²) in [5.74, 6) is -2.28. The van der Waals surface area contributed by atoms with Crippen molar-refractivity contribution in [3.63, 3.8) is 0 Å². The minimum absolute atomic E-state index is 0.0684. The first-order valence-electron chi connectivity index (χ1n) is 5.09. The van der Waals surface area contributed by atoms with Gasteiger partial charge in [-0.15, -0.1) is 0 Å². The van der Waals surface area contributed by atoms with E-state index in [0.717, 1.165) is 0 Å². The van der Waals surface area contributed by atoms with Gasteiger partial charge in [-0.25, -0.2) is 4.79 Å². The molecule has 0 aliphatic heterocycles. The average Bonchev–Trinajstić information content (AvgIpc) is 2.27. The summed E-state index contributed by atoms with van der Waals surface area (Å²) in [5.41, 5.74) is 0.296. The third kappa shape index (κ3) is 3.59. The number of allylic oxidation sites excluding steroid dienone is 3. The summed E-state index contributed by atoms with van der Waals surface area (Å²) in [6.45, 7) is 1.77. The predicted octanol–water partition coefficient (Wildman–Crippen LogP) is 3.38. The molecule has 17 heavy (non-hydrogen) atoms. The lowest BCUT2D eigenvalue weighted by molar-refractivity contribution is -0.164. The van der Waals surface area contributed by atoms with Gasteiger partial charge < -0.3 is 4.74 Å². The molecule has 1 unspecified atom stereocenters. The number of carbonyl (C=O) groups excluding carboxylic acids is 1. The van der Waals surface area contributed by atoms with E-state index in [0.29, 0.717) is 0 Å². The molecule has 0 amide bonds. The van der Waals surface area contributed by atoms with Crippen LogP contribution in [0.25, 0.3) is 0 Å². The molecule has 6 heteroatoms. The van der Waals surface area contributed by atoms with Crippen molar-refractivity contribution in [3.8, 4) is 0 Å². The Bertz CT molecular complexity index is 358. The first-order chi connectivity index (χ1) is 7.90. The van der Waals surface area contributed by atoms with E-state index in [1.165, 1.54) is 12.2 Å². The molecule has 0 aromatic carbocycles. The Labute approximate surface area is 106 Å². The number of hydrogen-bond donors (Lipinski definition) is 0. The second-order valence-corrected chi connectivity index (χ2v) is 4.15. The molecular weight excluding hydrogens is 301 g/mol. The molecule has 1 aliphatic carbocycles. The van der Waals surface area contributed by atoms with Crippen LogP contribution in [0, 0.1) is 5.92 Å². The van der Waals surface area contributed by atoms with E-state index in [1.54, 1.807) is 6.92 Å². The van der Waals surface area contributed by atoms with Gasteiger partial charge >= 0.3 is 12.1 Å². The highest BCUT2D eigenvalue weighted by molar-refractivity contribution is 9.09. The summed E-state index contributed by atoms with van der Waals surface area (Å²) in [7, 11) is 0. The van der Waals surface area contributed by atoms with Gasteiger partial charge in [0, 0.05) is 10.9 Å². The number of carbonyl (C=O) groups is 1.